The Balaban J connectivity index is 1.86. The zero-order valence-electron chi connectivity index (χ0n) is 11.2. The van der Waals surface area contributed by atoms with Gasteiger partial charge in [0.1, 0.15) is 12.3 Å². The van der Waals surface area contributed by atoms with E-state index in [1.54, 1.807) is 18.3 Å². The van der Waals surface area contributed by atoms with Gasteiger partial charge < -0.3 is 9.47 Å². The molecule has 5 nitrogen and oxygen atoms in total. The molecule has 1 saturated carbocycles. The molecule has 0 radical (unpaired) electrons. The zero-order chi connectivity index (χ0) is 13.5. The molecule has 1 aromatic heterocycles. The predicted octanol–water partition coefficient (Wildman–Crippen LogP) is 2.13. The molecule has 2 rings (SSSR count). The van der Waals surface area contributed by atoms with E-state index in [9.17, 15) is 4.79 Å². The highest BCUT2D eigenvalue weighted by atomic mass is 16.5. The summed E-state index contributed by atoms with van der Waals surface area (Å²) in [6.07, 6.45) is 7.85. The van der Waals surface area contributed by atoms with Crippen molar-refractivity contribution >= 4 is 5.97 Å². The molecule has 0 spiro atoms. The number of nitrogens with zero attached hydrogens (tertiary/aromatic N) is 1. The van der Waals surface area contributed by atoms with Crippen molar-refractivity contribution in [2.75, 3.05) is 13.8 Å². The van der Waals surface area contributed by atoms with Crippen LogP contribution in [0.1, 0.15) is 42.5 Å². The summed E-state index contributed by atoms with van der Waals surface area (Å²) in [5.41, 5.74) is 0.357. The molecule has 0 aromatic carbocycles. The largest absolute Gasteiger partial charge is 0.465 e. The van der Waals surface area contributed by atoms with E-state index < -0.39 is 5.97 Å². The second-order valence-corrected chi connectivity index (χ2v) is 4.68. The number of carbonyl (C=O) groups is 1. The highest BCUT2D eigenvalue weighted by molar-refractivity contribution is 5.91. The van der Waals surface area contributed by atoms with Crippen LogP contribution in [0.3, 0.4) is 0 Å². The first-order chi connectivity index (χ1) is 9.31. The van der Waals surface area contributed by atoms with Crippen LogP contribution >= 0.6 is 0 Å². The van der Waals surface area contributed by atoms with E-state index >= 15 is 0 Å². The summed E-state index contributed by atoms with van der Waals surface area (Å²) in [5.74, 6) is -0.113. The van der Waals surface area contributed by atoms with Crippen LogP contribution in [0.15, 0.2) is 18.3 Å². The van der Waals surface area contributed by atoms with E-state index in [4.69, 9.17) is 9.47 Å². The van der Waals surface area contributed by atoms with Gasteiger partial charge in [-0.2, -0.15) is 0 Å². The monoisotopic (exact) mass is 264 g/mol. The minimum absolute atomic E-state index is 0.317. The van der Waals surface area contributed by atoms with Crippen LogP contribution in [0.2, 0.25) is 0 Å². The van der Waals surface area contributed by atoms with Gasteiger partial charge in [-0.1, -0.05) is 19.3 Å². The van der Waals surface area contributed by atoms with Gasteiger partial charge >= 0.3 is 5.97 Å². The van der Waals surface area contributed by atoms with Crippen molar-refractivity contribution in [1.29, 1.82) is 0 Å². The Morgan fingerprint density at radius 2 is 2.21 bits per heavy atom. The molecule has 0 bridgehead atoms. The van der Waals surface area contributed by atoms with Gasteiger partial charge in [-0.15, -0.1) is 0 Å². The summed E-state index contributed by atoms with van der Waals surface area (Å²) in [7, 11) is 1.35. The third-order valence-electron chi connectivity index (χ3n) is 3.36. The second-order valence-electron chi connectivity index (χ2n) is 4.68. The highest BCUT2D eigenvalue weighted by Gasteiger charge is 2.15. The number of rotatable bonds is 5. The van der Waals surface area contributed by atoms with E-state index in [0.717, 1.165) is 0 Å². The Morgan fingerprint density at radius 1 is 1.42 bits per heavy atom. The SMILES string of the molecule is COC(=O)c1cccnc1OCNC1CCCCC1. The van der Waals surface area contributed by atoms with Gasteiger partial charge in [0.05, 0.1) is 7.11 Å². The summed E-state index contributed by atoms with van der Waals surface area (Å²) in [6.45, 7) is 0.367. The third kappa shape index (κ3) is 3.92. The maximum absolute atomic E-state index is 11.5. The lowest BCUT2D eigenvalue weighted by molar-refractivity contribution is 0.0594. The van der Waals surface area contributed by atoms with Crippen LogP contribution in [0.25, 0.3) is 0 Å². The van der Waals surface area contributed by atoms with Crippen molar-refractivity contribution in [3.8, 4) is 5.88 Å². The Labute approximate surface area is 113 Å². The molecule has 0 aliphatic heterocycles. The number of hydrogen-bond donors (Lipinski definition) is 1. The number of pyridine rings is 1. The van der Waals surface area contributed by atoms with Crippen LogP contribution in [-0.2, 0) is 4.74 Å². The Hall–Kier alpha value is -1.62. The molecule has 1 aromatic rings. The molecule has 1 aliphatic rings. The van der Waals surface area contributed by atoms with Crippen LogP contribution in [0.4, 0.5) is 0 Å². The van der Waals surface area contributed by atoms with Gasteiger partial charge in [-0.3, -0.25) is 5.32 Å². The van der Waals surface area contributed by atoms with Gasteiger partial charge in [0.25, 0.3) is 0 Å². The second kappa shape index (κ2) is 7.09. The molecule has 0 atom stereocenters. The molecule has 0 amide bonds. The van der Waals surface area contributed by atoms with Crippen LogP contribution in [-0.4, -0.2) is 30.8 Å². The van der Waals surface area contributed by atoms with E-state index in [-0.39, 0.29) is 0 Å². The molecule has 0 saturated heterocycles. The molecule has 0 unspecified atom stereocenters. The highest BCUT2D eigenvalue weighted by Crippen LogP contribution is 2.18. The molecule has 19 heavy (non-hydrogen) atoms. The standard InChI is InChI=1S/C14H20N2O3/c1-18-14(17)12-8-5-9-15-13(12)19-10-16-11-6-3-2-4-7-11/h5,8-9,11,16H,2-4,6-7,10H2,1H3. The summed E-state index contributed by atoms with van der Waals surface area (Å²) >= 11 is 0. The van der Waals surface area contributed by atoms with E-state index in [2.05, 4.69) is 10.3 Å². The number of ether oxygens (including phenoxy) is 2. The minimum Gasteiger partial charge on any atom is -0.465 e. The molecule has 1 aliphatic carbocycles. The maximum Gasteiger partial charge on any atom is 0.343 e. The topological polar surface area (TPSA) is 60.5 Å². The normalized spacial score (nSPS) is 16.1. The van der Waals surface area contributed by atoms with Gasteiger partial charge in [-0.05, 0) is 25.0 Å². The fourth-order valence-corrected chi connectivity index (χ4v) is 2.31. The molecule has 1 heterocycles. The molecule has 5 heteroatoms. The number of hydrogen-bond acceptors (Lipinski definition) is 5. The van der Waals surface area contributed by atoms with Crippen LogP contribution in [0, 0.1) is 0 Å². The Kier molecular flexibility index (Phi) is 5.15. The van der Waals surface area contributed by atoms with Crippen molar-refractivity contribution in [2.45, 2.75) is 38.1 Å². The number of carbonyl (C=O) groups excluding carboxylic acids is 1. The van der Waals surface area contributed by atoms with Gasteiger partial charge in [0.15, 0.2) is 0 Å². The van der Waals surface area contributed by atoms with Gasteiger partial charge in [0, 0.05) is 12.2 Å². The van der Waals surface area contributed by atoms with Gasteiger partial charge in [0.2, 0.25) is 5.88 Å². The quantitative estimate of drug-likeness (QED) is 0.652. The van der Waals surface area contributed by atoms with E-state index in [1.165, 1.54) is 39.2 Å². The lowest BCUT2D eigenvalue weighted by Crippen LogP contribution is -2.34. The Bertz CT molecular complexity index is 417. The number of methoxy groups -OCH3 is 1. The fraction of sp³-hybridized carbons (Fsp3) is 0.571. The molecule has 104 valence electrons. The molecule has 1 fully saturated rings. The lowest BCUT2D eigenvalue weighted by Gasteiger charge is -2.22. The average Bonchev–Trinajstić information content (AvgIpc) is 2.48. The first kappa shape index (κ1) is 13.8. The van der Waals surface area contributed by atoms with Crippen LogP contribution in [0.5, 0.6) is 5.88 Å². The summed E-state index contributed by atoms with van der Waals surface area (Å²) in [6, 6.07) is 3.85. The third-order valence-corrected chi connectivity index (χ3v) is 3.36. The van der Waals surface area contributed by atoms with Crippen molar-refractivity contribution in [1.82, 2.24) is 10.3 Å². The molecule has 1 N–H and O–H groups in total. The molecular formula is C14H20N2O3. The first-order valence-electron chi connectivity index (χ1n) is 6.71. The number of esters is 1. The first-order valence-corrected chi connectivity index (χ1v) is 6.71. The van der Waals surface area contributed by atoms with E-state index in [1.807, 2.05) is 0 Å². The minimum atomic E-state index is -0.430. The van der Waals surface area contributed by atoms with Crippen molar-refractivity contribution in [3.63, 3.8) is 0 Å². The maximum atomic E-state index is 11.5. The summed E-state index contributed by atoms with van der Waals surface area (Å²) in [5, 5.41) is 3.34. The van der Waals surface area contributed by atoms with Crippen molar-refractivity contribution in [2.24, 2.45) is 0 Å². The van der Waals surface area contributed by atoms with E-state index in [0.29, 0.717) is 24.2 Å². The van der Waals surface area contributed by atoms with Crippen molar-refractivity contribution < 1.29 is 14.3 Å². The predicted molar refractivity (Wildman–Crippen MR) is 71.1 cm³/mol. The van der Waals surface area contributed by atoms with Crippen LogP contribution < -0.4 is 10.1 Å². The van der Waals surface area contributed by atoms with Gasteiger partial charge in [-0.25, -0.2) is 9.78 Å². The van der Waals surface area contributed by atoms with Crippen molar-refractivity contribution in [3.05, 3.63) is 23.9 Å². The zero-order valence-corrected chi connectivity index (χ0v) is 11.2. The number of nitrogens with one attached hydrogen (secondary N) is 1. The fourth-order valence-electron chi connectivity index (χ4n) is 2.31. The summed E-state index contributed by atoms with van der Waals surface area (Å²) in [4.78, 5) is 15.6. The summed E-state index contributed by atoms with van der Waals surface area (Å²) < 4.78 is 10.2. The smallest absolute Gasteiger partial charge is 0.343 e. The Morgan fingerprint density at radius 3 is 2.95 bits per heavy atom. The lowest BCUT2D eigenvalue weighted by atomic mass is 9.96. The molecular weight excluding hydrogens is 244 g/mol. The average molecular weight is 264 g/mol. The number of aromatic nitrogens is 1.